The van der Waals surface area contributed by atoms with Crippen LogP contribution in [0.1, 0.15) is 27.2 Å². The van der Waals surface area contributed by atoms with E-state index in [9.17, 15) is 27.9 Å². The Labute approximate surface area is 102 Å². The number of rotatable bonds is 5. The van der Waals surface area contributed by atoms with Crippen LogP contribution >= 0.6 is 0 Å². The van der Waals surface area contributed by atoms with Crippen LogP contribution in [-0.4, -0.2) is 35.5 Å². The van der Waals surface area contributed by atoms with Crippen LogP contribution in [0.15, 0.2) is 0 Å². The van der Waals surface area contributed by atoms with Gasteiger partial charge in [0.2, 0.25) is 5.91 Å². The van der Waals surface area contributed by atoms with E-state index in [-0.39, 0.29) is 13.0 Å². The molecule has 0 bridgehead atoms. The van der Waals surface area contributed by atoms with Gasteiger partial charge in [-0.1, -0.05) is 13.8 Å². The van der Waals surface area contributed by atoms with Crippen LogP contribution < -0.4 is 5.32 Å². The van der Waals surface area contributed by atoms with Crippen molar-refractivity contribution >= 4 is 11.9 Å². The molecule has 0 aliphatic rings. The molecule has 0 spiro atoms. The lowest BCUT2D eigenvalue weighted by Crippen LogP contribution is -2.65. The fourth-order valence-electron chi connectivity index (χ4n) is 0.960. The number of hydrogen-bond donors (Lipinski definition) is 2. The summed E-state index contributed by atoms with van der Waals surface area (Å²) in [5.74, 6) is -3.80. The first-order chi connectivity index (χ1) is 8.10. The molecule has 0 fully saturated rings. The number of carbonyl (C=O) groups is 2. The summed E-state index contributed by atoms with van der Waals surface area (Å²) >= 11 is 0. The standard InChI is InChI=1S/C10H16F3NO4/c1-4-6(3)7(15)14-9(17,10(11,12)13)8(16)18-5-2/h6,17H,4-5H2,1-3H3,(H,14,15)/t6-,9+/m0/s1. The van der Waals surface area contributed by atoms with Gasteiger partial charge in [0.05, 0.1) is 6.61 Å². The summed E-state index contributed by atoms with van der Waals surface area (Å²) in [5.41, 5.74) is -4.01. The SMILES string of the molecule is CCOC(=O)[C@](O)(NC(=O)[C@@H](C)CC)C(F)(F)F. The maximum absolute atomic E-state index is 12.6. The van der Waals surface area contributed by atoms with Gasteiger partial charge in [0.15, 0.2) is 0 Å². The highest BCUT2D eigenvalue weighted by Crippen LogP contribution is 2.29. The Bertz CT molecular complexity index is 319. The molecule has 0 saturated heterocycles. The Morgan fingerprint density at radius 2 is 1.83 bits per heavy atom. The summed E-state index contributed by atoms with van der Waals surface area (Å²) < 4.78 is 42.0. The molecular weight excluding hydrogens is 255 g/mol. The van der Waals surface area contributed by atoms with E-state index in [1.54, 1.807) is 6.92 Å². The molecule has 0 unspecified atom stereocenters. The van der Waals surface area contributed by atoms with Gasteiger partial charge in [-0.25, -0.2) is 4.79 Å². The zero-order valence-electron chi connectivity index (χ0n) is 10.3. The zero-order valence-corrected chi connectivity index (χ0v) is 10.3. The average Bonchev–Trinajstić information content (AvgIpc) is 2.26. The van der Waals surface area contributed by atoms with Crippen molar-refractivity contribution in [2.45, 2.75) is 39.1 Å². The van der Waals surface area contributed by atoms with E-state index < -0.39 is 29.7 Å². The normalized spacial score (nSPS) is 16.6. The molecule has 5 nitrogen and oxygen atoms in total. The molecular formula is C10H16F3NO4. The van der Waals surface area contributed by atoms with E-state index in [4.69, 9.17) is 0 Å². The van der Waals surface area contributed by atoms with Gasteiger partial charge in [0.25, 0.3) is 0 Å². The van der Waals surface area contributed by atoms with Gasteiger partial charge in [0, 0.05) is 5.92 Å². The topological polar surface area (TPSA) is 75.6 Å². The van der Waals surface area contributed by atoms with Crippen LogP contribution in [0, 0.1) is 5.92 Å². The van der Waals surface area contributed by atoms with Gasteiger partial charge in [-0.15, -0.1) is 0 Å². The highest BCUT2D eigenvalue weighted by molar-refractivity contribution is 5.88. The minimum Gasteiger partial charge on any atom is -0.462 e. The molecule has 2 atom stereocenters. The van der Waals surface area contributed by atoms with Gasteiger partial charge in [0.1, 0.15) is 0 Å². The summed E-state index contributed by atoms with van der Waals surface area (Å²) in [4.78, 5) is 22.5. The first kappa shape index (κ1) is 16.7. The van der Waals surface area contributed by atoms with Crippen molar-refractivity contribution in [1.29, 1.82) is 0 Å². The Morgan fingerprint density at radius 3 is 2.17 bits per heavy atom. The highest BCUT2D eigenvalue weighted by Gasteiger charge is 2.62. The minimum absolute atomic E-state index is 0.266. The first-order valence-corrected chi connectivity index (χ1v) is 5.38. The molecule has 18 heavy (non-hydrogen) atoms. The van der Waals surface area contributed by atoms with E-state index in [0.29, 0.717) is 0 Å². The van der Waals surface area contributed by atoms with Crippen molar-refractivity contribution in [2.24, 2.45) is 5.92 Å². The summed E-state index contributed by atoms with van der Waals surface area (Å²) in [6, 6.07) is 0. The van der Waals surface area contributed by atoms with Gasteiger partial charge in [-0.05, 0) is 13.3 Å². The molecule has 0 aromatic heterocycles. The van der Waals surface area contributed by atoms with Crippen molar-refractivity contribution in [2.75, 3.05) is 6.61 Å². The van der Waals surface area contributed by atoms with Crippen molar-refractivity contribution < 1.29 is 32.6 Å². The number of nitrogens with one attached hydrogen (secondary N) is 1. The predicted molar refractivity (Wildman–Crippen MR) is 55.2 cm³/mol. The lowest BCUT2D eigenvalue weighted by molar-refractivity contribution is -0.271. The van der Waals surface area contributed by atoms with Gasteiger partial charge < -0.3 is 15.2 Å². The summed E-state index contributed by atoms with van der Waals surface area (Å²) in [7, 11) is 0. The Kier molecular flexibility index (Phi) is 5.59. The molecule has 0 aromatic rings. The van der Waals surface area contributed by atoms with E-state index in [1.807, 2.05) is 0 Å². The third-order valence-electron chi connectivity index (χ3n) is 2.35. The summed E-state index contributed by atoms with van der Waals surface area (Å²) in [6.45, 7) is 3.89. The number of carbonyl (C=O) groups excluding carboxylic acids is 2. The number of halogens is 3. The lowest BCUT2D eigenvalue weighted by Gasteiger charge is -2.29. The molecule has 0 heterocycles. The second-order valence-electron chi connectivity index (χ2n) is 3.73. The third-order valence-corrected chi connectivity index (χ3v) is 2.35. The number of alkyl halides is 3. The molecule has 0 radical (unpaired) electrons. The van der Waals surface area contributed by atoms with E-state index in [0.717, 1.165) is 0 Å². The van der Waals surface area contributed by atoms with Crippen LogP contribution in [0.3, 0.4) is 0 Å². The molecule has 8 heteroatoms. The van der Waals surface area contributed by atoms with Crippen molar-refractivity contribution in [1.82, 2.24) is 5.32 Å². The predicted octanol–water partition coefficient (Wildman–Crippen LogP) is 0.963. The van der Waals surface area contributed by atoms with E-state index in [2.05, 4.69) is 4.74 Å². The van der Waals surface area contributed by atoms with Gasteiger partial charge in [-0.3, -0.25) is 4.79 Å². The van der Waals surface area contributed by atoms with Crippen LogP contribution in [-0.2, 0) is 14.3 Å². The monoisotopic (exact) mass is 271 g/mol. The minimum atomic E-state index is -5.36. The number of aliphatic hydroxyl groups is 1. The summed E-state index contributed by atoms with van der Waals surface area (Å²) in [5, 5.41) is 10.6. The third kappa shape index (κ3) is 3.59. The maximum Gasteiger partial charge on any atom is 0.448 e. The molecule has 0 aromatic carbocycles. The number of amides is 1. The van der Waals surface area contributed by atoms with Crippen molar-refractivity contribution in [3.8, 4) is 0 Å². The molecule has 106 valence electrons. The fourth-order valence-corrected chi connectivity index (χ4v) is 0.960. The Morgan fingerprint density at radius 1 is 1.33 bits per heavy atom. The molecule has 0 rings (SSSR count). The van der Waals surface area contributed by atoms with Crippen molar-refractivity contribution in [3.63, 3.8) is 0 Å². The van der Waals surface area contributed by atoms with Crippen molar-refractivity contribution in [3.05, 3.63) is 0 Å². The molecule has 2 N–H and O–H groups in total. The smallest absolute Gasteiger partial charge is 0.448 e. The lowest BCUT2D eigenvalue weighted by atomic mass is 10.1. The van der Waals surface area contributed by atoms with Crippen LogP contribution in [0.5, 0.6) is 0 Å². The van der Waals surface area contributed by atoms with Gasteiger partial charge >= 0.3 is 17.9 Å². The molecule has 0 aliphatic heterocycles. The number of hydrogen-bond acceptors (Lipinski definition) is 4. The second-order valence-corrected chi connectivity index (χ2v) is 3.73. The number of ether oxygens (including phenoxy) is 1. The van der Waals surface area contributed by atoms with Crippen LogP contribution in [0.4, 0.5) is 13.2 Å². The number of esters is 1. The molecule has 1 amide bonds. The van der Waals surface area contributed by atoms with Crippen LogP contribution in [0.25, 0.3) is 0 Å². The average molecular weight is 271 g/mol. The fraction of sp³-hybridized carbons (Fsp3) is 0.800. The maximum atomic E-state index is 12.6. The second kappa shape index (κ2) is 6.03. The van der Waals surface area contributed by atoms with Gasteiger partial charge in [-0.2, -0.15) is 13.2 Å². The largest absolute Gasteiger partial charge is 0.462 e. The summed E-state index contributed by atoms with van der Waals surface area (Å²) in [6.07, 6.45) is -5.09. The molecule has 0 saturated carbocycles. The zero-order chi connectivity index (χ0) is 14.6. The van der Waals surface area contributed by atoms with E-state index in [1.165, 1.54) is 19.2 Å². The Balaban J connectivity index is 5.14. The van der Waals surface area contributed by atoms with E-state index >= 15 is 0 Å². The highest BCUT2D eigenvalue weighted by atomic mass is 19.4. The molecule has 0 aliphatic carbocycles. The van der Waals surface area contributed by atoms with Crippen LogP contribution in [0.2, 0.25) is 0 Å². The quantitative estimate of drug-likeness (QED) is 0.577. The first-order valence-electron chi connectivity index (χ1n) is 5.38. The Hall–Kier alpha value is -1.31.